The van der Waals surface area contributed by atoms with E-state index in [4.69, 9.17) is 0 Å². The Labute approximate surface area is 119 Å². The van der Waals surface area contributed by atoms with Gasteiger partial charge in [0.15, 0.2) is 0 Å². The third-order valence-electron chi connectivity index (χ3n) is 3.88. The zero-order valence-corrected chi connectivity index (χ0v) is 13.5. The van der Waals surface area contributed by atoms with Gasteiger partial charge in [0.2, 0.25) is 0 Å². The maximum atomic E-state index is 3.68. The van der Waals surface area contributed by atoms with Crippen LogP contribution in [0.2, 0.25) is 0 Å². The molecule has 1 aromatic rings. The summed E-state index contributed by atoms with van der Waals surface area (Å²) < 4.78 is 0. The van der Waals surface area contributed by atoms with Gasteiger partial charge in [0.25, 0.3) is 0 Å². The summed E-state index contributed by atoms with van der Waals surface area (Å²) in [5, 5.41) is 3.68. The molecule has 0 bridgehead atoms. The zero-order valence-electron chi connectivity index (χ0n) is 13.5. The summed E-state index contributed by atoms with van der Waals surface area (Å²) in [5.74, 6) is 0. The molecule has 1 heteroatoms. The number of hydrogen-bond acceptors (Lipinski definition) is 1. The van der Waals surface area contributed by atoms with Gasteiger partial charge >= 0.3 is 0 Å². The second-order valence-electron chi connectivity index (χ2n) is 5.77. The molecule has 0 spiro atoms. The quantitative estimate of drug-likeness (QED) is 0.632. The van der Waals surface area contributed by atoms with E-state index in [0.29, 0.717) is 6.04 Å². The molecular formula is C18H31N. The van der Waals surface area contributed by atoms with E-state index in [1.807, 2.05) is 0 Å². The second kappa shape index (κ2) is 8.37. The largest absolute Gasteiger partial charge is 0.310 e. The van der Waals surface area contributed by atoms with Gasteiger partial charge in [0.05, 0.1) is 0 Å². The lowest BCUT2D eigenvalue weighted by Crippen LogP contribution is -2.22. The average molecular weight is 261 g/mol. The molecule has 108 valence electrons. The van der Waals surface area contributed by atoms with Crippen molar-refractivity contribution in [3.8, 4) is 0 Å². The van der Waals surface area contributed by atoms with Crippen LogP contribution >= 0.6 is 0 Å². The van der Waals surface area contributed by atoms with E-state index in [1.165, 1.54) is 54.4 Å². The lowest BCUT2D eigenvalue weighted by molar-refractivity contribution is 0.478. The molecule has 0 aliphatic heterocycles. The third-order valence-corrected chi connectivity index (χ3v) is 3.88. The van der Waals surface area contributed by atoms with Gasteiger partial charge in [-0.3, -0.25) is 0 Å². The lowest BCUT2D eigenvalue weighted by atomic mass is 9.91. The van der Waals surface area contributed by atoms with Crippen molar-refractivity contribution in [2.45, 2.75) is 72.8 Å². The Morgan fingerprint density at radius 3 is 2.11 bits per heavy atom. The van der Waals surface area contributed by atoms with Crippen molar-refractivity contribution in [1.29, 1.82) is 0 Å². The van der Waals surface area contributed by atoms with E-state index < -0.39 is 0 Å². The van der Waals surface area contributed by atoms with Crippen LogP contribution in [0, 0.1) is 20.8 Å². The maximum absolute atomic E-state index is 3.68. The zero-order chi connectivity index (χ0) is 14.3. The molecule has 1 N–H and O–H groups in total. The fourth-order valence-electron chi connectivity index (χ4n) is 3.11. The van der Waals surface area contributed by atoms with Crippen molar-refractivity contribution in [3.05, 3.63) is 34.4 Å². The SMILES string of the molecule is CCCCCCC(NCC)c1c(C)cc(C)cc1C. The molecule has 0 aromatic heterocycles. The van der Waals surface area contributed by atoms with Crippen LogP contribution in [0.5, 0.6) is 0 Å². The Hall–Kier alpha value is -0.820. The Kier molecular flexibility index (Phi) is 7.15. The van der Waals surface area contributed by atoms with E-state index >= 15 is 0 Å². The van der Waals surface area contributed by atoms with E-state index in [-0.39, 0.29) is 0 Å². The summed E-state index contributed by atoms with van der Waals surface area (Å²) in [4.78, 5) is 0. The van der Waals surface area contributed by atoms with Gasteiger partial charge in [-0.05, 0) is 50.4 Å². The molecule has 0 amide bonds. The molecule has 0 saturated heterocycles. The van der Waals surface area contributed by atoms with Crippen molar-refractivity contribution < 1.29 is 0 Å². The first-order valence-electron chi connectivity index (χ1n) is 7.91. The van der Waals surface area contributed by atoms with Crippen LogP contribution in [0.4, 0.5) is 0 Å². The Bertz CT molecular complexity index is 358. The van der Waals surface area contributed by atoms with Crippen LogP contribution in [0.1, 0.15) is 74.2 Å². The number of rotatable bonds is 8. The summed E-state index contributed by atoms with van der Waals surface area (Å²) in [5.41, 5.74) is 5.79. The van der Waals surface area contributed by atoms with E-state index in [2.05, 4.69) is 52.1 Å². The maximum Gasteiger partial charge on any atom is 0.0325 e. The number of unbranched alkanes of at least 4 members (excludes halogenated alkanes) is 3. The Morgan fingerprint density at radius 2 is 1.58 bits per heavy atom. The summed E-state index contributed by atoms with van der Waals surface area (Å²) in [7, 11) is 0. The first-order chi connectivity index (χ1) is 9.10. The minimum absolute atomic E-state index is 0.530. The Balaban J connectivity index is 2.80. The monoisotopic (exact) mass is 261 g/mol. The molecule has 1 aromatic carbocycles. The molecule has 0 fully saturated rings. The van der Waals surface area contributed by atoms with E-state index in [1.54, 1.807) is 0 Å². The van der Waals surface area contributed by atoms with Crippen LogP contribution < -0.4 is 5.32 Å². The molecule has 1 atom stereocenters. The summed E-state index contributed by atoms with van der Waals surface area (Å²) in [6.07, 6.45) is 6.64. The molecule has 1 nitrogen and oxygen atoms in total. The van der Waals surface area contributed by atoms with Crippen LogP contribution in [0.25, 0.3) is 0 Å². The topological polar surface area (TPSA) is 12.0 Å². The summed E-state index contributed by atoms with van der Waals surface area (Å²) in [6, 6.07) is 5.17. The molecular weight excluding hydrogens is 230 g/mol. The molecule has 0 aliphatic carbocycles. The van der Waals surface area contributed by atoms with Crippen LogP contribution in [0.15, 0.2) is 12.1 Å². The minimum atomic E-state index is 0.530. The predicted molar refractivity (Wildman–Crippen MR) is 85.8 cm³/mol. The molecule has 0 radical (unpaired) electrons. The van der Waals surface area contributed by atoms with Crippen LogP contribution in [0.3, 0.4) is 0 Å². The van der Waals surface area contributed by atoms with Gasteiger partial charge in [-0.15, -0.1) is 0 Å². The molecule has 0 saturated carbocycles. The summed E-state index contributed by atoms with van der Waals surface area (Å²) in [6.45, 7) is 12.2. The van der Waals surface area contributed by atoms with Crippen molar-refractivity contribution >= 4 is 0 Å². The minimum Gasteiger partial charge on any atom is -0.310 e. The summed E-state index contributed by atoms with van der Waals surface area (Å²) >= 11 is 0. The van der Waals surface area contributed by atoms with Crippen LogP contribution in [-0.4, -0.2) is 6.54 Å². The fraction of sp³-hybridized carbons (Fsp3) is 0.667. The molecule has 0 heterocycles. The smallest absolute Gasteiger partial charge is 0.0325 e. The normalized spacial score (nSPS) is 12.7. The molecule has 0 aliphatic rings. The van der Waals surface area contributed by atoms with Crippen molar-refractivity contribution in [3.63, 3.8) is 0 Å². The lowest BCUT2D eigenvalue weighted by Gasteiger charge is -2.23. The van der Waals surface area contributed by atoms with Gasteiger partial charge in [-0.25, -0.2) is 0 Å². The van der Waals surface area contributed by atoms with Gasteiger partial charge in [0, 0.05) is 6.04 Å². The second-order valence-corrected chi connectivity index (χ2v) is 5.77. The average Bonchev–Trinajstić information content (AvgIpc) is 2.33. The molecule has 19 heavy (non-hydrogen) atoms. The van der Waals surface area contributed by atoms with Gasteiger partial charge in [0.1, 0.15) is 0 Å². The highest BCUT2D eigenvalue weighted by molar-refractivity contribution is 5.39. The third kappa shape index (κ3) is 4.99. The number of hydrogen-bond donors (Lipinski definition) is 1. The van der Waals surface area contributed by atoms with Gasteiger partial charge in [-0.1, -0.05) is 57.2 Å². The fourth-order valence-corrected chi connectivity index (χ4v) is 3.11. The predicted octanol–water partition coefficient (Wildman–Crippen LogP) is 5.23. The highest BCUT2D eigenvalue weighted by Gasteiger charge is 2.15. The van der Waals surface area contributed by atoms with E-state index in [0.717, 1.165) is 6.54 Å². The van der Waals surface area contributed by atoms with E-state index in [9.17, 15) is 0 Å². The standard InChI is InChI=1S/C18H31N/c1-6-8-9-10-11-17(19-7-2)18-15(4)12-14(3)13-16(18)5/h12-13,17,19H,6-11H2,1-5H3. The molecule has 1 unspecified atom stereocenters. The van der Waals surface area contributed by atoms with Crippen molar-refractivity contribution in [1.82, 2.24) is 5.32 Å². The van der Waals surface area contributed by atoms with Crippen molar-refractivity contribution in [2.24, 2.45) is 0 Å². The molecule has 1 rings (SSSR count). The highest BCUT2D eigenvalue weighted by atomic mass is 14.9. The van der Waals surface area contributed by atoms with Crippen LogP contribution in [-0.2, 0) is 0 Å². The Morgan fingerprint density at radius 1 is 0.947 bits per heavy atom. The number of nitrogens with one attached hydrogen (secondary N) is 1. The number of aryl methyl sites for hydroxylation is 3. The van der Waals surface area contributed by atoms with Crippen molar-refractivity contribution in [2.75, 3.05) is 6.54 Å². The van der Waals surface area contributed by atoms with Gasteiger partial charge in [-0.2, -0.15) is 0 Å². The van der Waals surface area contributed by atoms with Gasteiger partial charge < -0.3 is 5.32 Å². The number of benzene rings is 1. The highest BCUT2D eigenvalue weighted by Crippen LogP contribution is 2.27. The first-order valence-corrected chi connectivity index (χ1v) is 7.91. The first kappa shape index (κ1) is 16.2.